The summed E-state index contributed by atoms with van der Waals surface area (Å²) in [5.74, 6) is -4.94. The maximum Gasteiger partial charge on any atom is 0.416 e. The molecule has 0 spiro atoms. The minimum atomic E-state index is -4.52. The highest BCUT2D eigenvalue weighted by atomic mass is 19.4. The summed E-state index contributed by atoms with van der Waals surface area (Å²) < 4.78 is 62.7. The van der Waals surface area contributed by atoms with Gasteiger partial charge in [0, 0.05) is 5.56 Å². The summed E-state index contributed by atoms with van der Waals surface area (Å²) in [6, 6.07) is 3.32. The van der Waals surface area contributed by atoms with Gasteiger partial charge in [-0.3, -0.25) is 9.59 Å². The average molecular weight is 339 g/mol. The summed E-state index contributed by atoms with van der Waals surface area (Å²) >= 11 is 0. The van der Waals surface area contributed by atoms with Gasteiger partial charge in [0.15, 0.2) is 0 Å². The lowest BCUT2D eigenvalue weighted by Gasteiger charge is -2.14. The summed E-state index contributed by atoms with van der Waals surface area (Å²) in [5.41, 5.74) is 3.76. The Morgan fingerprint density at radius 1 is 1.00 bits per heavy atom. The van der Waals surface area contributed by atoms with Crippen molar-refractivity contribution in [2.75, 3.05) is 19.6 Å². The molecule has 0 fully saturated rings. The number of hydrogen-bond acceptors (Lipinski definition) is 3. The summed E-state index contributed by atoms with van der Waals surface area (Å²) in [6.45, 7) is -2.51. The zero-order valence-electron chi connectivity index (χ0n) is 11.7. The van der Waals surface area contributed by atoms with Crippen LogP contribution in [0.3, 0.4) is 0 Å². The van der Waals surface area contributed by atoms with Crippen molar-refractivity contribution in [2.24, 2.45) is 5.73 Å². The van der Waals surface area contributed by atoms with Crippen LogP contribution in [-0.2, 0) is 11.0 Å². The third kappa shape index (κ3) is 6.19. The molecule has 4 N–H and O–H groups in total. The van der Waals surface area contributed by atoms with E-state index in [2.05, 4.69) is 5.32 Å². The van der Waals surface area contributed by atoms with Gasteiger partial charge in [-0.2, -0.15) is 13.2 Å². The Morgan fingerprint density at radius 3 is 2.04 bits per heavy atom. The largest absolute Gasteiger partial charge is 0.416 e. The molecule has 0 aliphatic heterocycles. The fourth-order valence-electron chi connectivity index (χ4n) is 1.44. The number of nitrogens with one attached hydrogen (secondary N) is 2. The van der Waals surface area contributed by atoms with Crippen LogP contribution in [0.1, 0.15) is 15.9 Å². The number of carbonyl (C=O) groups excluding carboxylic acids is 2. The topological polar surface area (TPSA) is 84.2 Å². The normalized spacial score (nSPS) is 11.9. The fourth-order valence-corrected chi connectivity index (χ4v) is 1.44. The molecule has 1 aromatic rings. The molecule has 128 valence electrons. The van der Waals surface area contributed by atoms with E-state index < -0.39 is 49.1 Å². The summed E-state index contributed by atoms with van der Waals surface area (Å²) in [5, 5.41) is 3.98. The van der Waals surface area contributed by atoms with E-state index in [0.29, 0.717) is 0 Å². The van der Waals surface area contributed by atoms with Gasteiger partial charge in [-0.1, -0.05) is 0 Å². The highest BCUT2D eigenvalue weighted by Crippen LogP contribution is 2.29. The number of benzene rings is 1. The molecule has 0 saturated heterocycles. The van der Waals surface area contributed by atoms with Crippen molar-refractivity contribution >= 4 is 11.8 Å². The monoisotopic (exact) mass is 339 g/mol. The average Bonchev–Trinajstić information content (AvgIpc) is 2.50. The van der Waals surface area contributed by atoms with Crippen LogP contribution in [0.5, 0.6) is 0 Å². The highest BCUT2D eigenvalue weighted by Gasteiger charge is 2.30. The second-order valence-electron chi connectivity index (χ2n) is 4.59. The number of nitrogens with two attached hydrogens (primary N) is 1. The van der Waals surface area contributed by atoms with Crippen molar-refractivity contribution in [3.63, 3.8) is 0 Å². The molecule has 0 aliphatic rings. The van der Waals surface area contributed by atoms with Gasteiger partial charge in [-0.15, -0.1) is 0 Å². The first kappa shape index (κ1) is 18.8. The van der Waals surface area contributed by atoms with Crippen LogP contribution in [0, 0.1) is 0 Å². The third-order valence-electron chi connectivity index (χ3n) is 2.73. The number of halogens is 5. The van der Waals surface area contributed by atoms with E-state index in [-0.39, 0.29) is 5.56 Å². The lowest BCUT2D eigenvalue weighted by molar-refractivity contribution is -0.137. The zero-order valence-corrected chi connectivity index (χ0v) is 11.7. The number of carbonyl (C=O) groups is 2. The number of alkyl halides is 5. The van der Waals surface area contributed by atoms with Gasteiger partial charge < -0.3 is 16.4 Å². The molecule has 0 aromatic heterocycles. The van der Waals surface area contributed by atoms with Crippen molar-refractivity contribution in [3.05, 3.63) is 35.4 Å². The van der Waals surface area contributed by atoms with Gasteiger partial charge in [0.05, 0.1) is 25.2 Å². The first-order valence-electron chi connectivity index (χ1n) is 6.35. The van der Waals surface area contributed by atoms with Crippen molar-refractivity contribution in [2.45, 2.75) is 12.1 Å². The fraction of sp³-hybridized carbons (Fsp3) is 0.385. The molecule has 0 heterocycles. The van der Waals surface area contributed by atoms with Gasteiger partial charge in [0.1, 0.15) is 0 Å². The van der Waals surface area contributed by atoms with E-state index in [1.165, 1.54) is 0 Å². The summed E-state index contributed by atoms with van der Waals surface area (Å²) in [6.07, 6.45) is -4.52. The first-order valence-corrected chi connectivity index (χ1v) is 6.35. The molecule has 0 atom stereocenters. The van der Waals surface area contributed by atoms with E-state index in [1.54, 1.807) is 0 Å². The van der Waals surface area contributed by atoms with Crippen LogP contribution in [-0.4, -0.2) is 37.4 Å². The summed E-state index contributed by atoms with van der Waals surface area (Å²) in [4.78, 5) is 22.9. The maximum atomic E-state index is 12.8. The molecular weight excluding hydrogens is 325 g/mol. The molecule has 1 rings (SSSR count). The summed E-state index contributed by atoms with van der Waals surface area (Å²) in [7, 11) is 0. The van der Waals surface area contributed by atoms with E-state index in [1.807, 2.05) is 5.32 Å². The molecule has 0 radical (unpaired) electrons. The zero-order chi connectivity index (χ0) is 17.7. The van der Waals surface area contributed by atoms with Crippen LogP contribution in [0.2, 0.25) is 0 Å². The molecule has 0 unspecified atom stereocenters. The van der Waals surface area contributed by atoms with Gasteiger partial charge in [0.25, 0.3) is 11.8 Å². The molecule has 0 bridgehead atoms. The number of hydrogen-bond donors (Lipinski definition) is 3. The Balaban J connectivity index is 2.49. The molecule has 10 heteroatoms. The second kappa shape index (κ2) is 7.36. The standard InChI is InChI=1S/C13H14F5N3O2/c14-12(15,6-19)7-21-10(22)5-20-11(23)8-1-3-9(4-2-8)13(16,17)18/h1-4H,5-7,19H2,(H,20,23)(H,21,22). The molecule has 0 aliphatic carbocycles. The van der Waals surface area contributed by atoms with Gasteiger partial charge in [-0.05, 0) is 24.3 Å². The van der Waals surface area contributed by atoms with Crippen LogP contribution in [0.15, 0.2) is 24.3 Å². The molecule has 23 heavy (non-hydrogen) atoms. The van der Waals surface area contributed by atoms with Crippen LogP contribution in [0.25, 0.3) is 0 Å². The molecule has 2 amide bonds. The quantitative estimate of drug-likeness (QED) is 0.680. The smallest absolute Gasteiger partial charge is 0.348 e. The lowest BCUT2D eigenvalue weighted by Crippen LogP contribution is -2.45. The van der Waals surface area contributed by atoms with Crippen molar-refractivity contribution in [1.82, 2.24) is 10.6 Å². The Morgan fingerprint density at radius 2 is 1.57 bits per heavy atom. The molecular formula is C13H14F5N3O2. The second-order valence-corrected chi connectivity index (χ2v) is 4.59. The van der Waals surface area contributed by atoms with E-state index in [0.717, 1.165) is 24.3 Å². The Hall–Kier alpha value is -2.23. The van der Waals surface area contributed by atoms with Crippen molar-refractivity contribution in [3.8, 4) is 0 Å². The molecule has 1 aromatic carbocycles. The highest BCUT2D eigenvalue weighted by molar-refractivity contribution is 5.96. The first-order chi connectivity index (χ1) is 10.5. The van der Waals surface area contributed by atoms with E-state index >= 15 is 0 Å². The number of rotatable bonds is 6. The van der Waals surface area contributed by atoms with E-state index in [9.17, 15) is 31.5 Å². The minimum absolute atomic E-state index is 0.0990. The Labute approximate surface area is 128 Å². The third-order valence-corrected chi connectivity index (χ3v) is 2.73. The van der Waals surface area contributed by atoms with Gasteiger partial charge >= 0.3 is 6.18 Å². The van der Waals surface area contributed by atoms with Crippen molar-refractivity contribution in [1.29, 1.82) is 0 Å². The minimum Gasteiger partial charge on any atom is -0.348 e. The van der Waals surface area contributed by atoms with Crippen LogP contribution in [0.4, 0.5) is 22.0 Å². The lowest BCUT2D eigenvalue weighted by atomic mass is 10.1. The van der Waals surface area contributed by atoms with Gasteiger partial charge in [-0.25, -0.2) is 8.78 Å². The molecule has 5 nitrogen and oxygen atoms in total. The van der Waals surface area contributed by atoms with E-state index in [4.69, 9.17) is 5.73 Å². The maximum absolute atomic E-state index is 12.8. The Kier molecular flexibility index (Phi) is 6.02. The predicted molar refractivity (Wildman–Crippen MR) is 70.8 cm³/mol. The number of amides is 2. The predicted octanol–water partition coefficient (Wildman–Crippen LogP) is 1.15. The van der Waals surface area contributed by atoms with Crippen molar-refractivity contribution < 1.29 is 31.5 Å². The van der Waals surface area contributed by atoms with Crippen LogP contribution < -0.4 is 16.4 Å². The Bertz CT molecular complexity index is 558. The van der Waals surface area contributed by atoms with Gasteiger partial charge in [0.2, 0.25) is 5.91 Å². The molecule has 0 saturated carbocycles. The van der Waals surface area contributed by atoms with Crippen LogP contribution >= 0.6 is 0 Å². The SMILES string of the molecule is NCC(F)(F)CNC(=O)CNC(=O)c1ccc(C(F)(F)F)cc1.